The van der Waals surface area contributed by atoms with Crippen LogP contribution < -0.4 is 4.74 Å². The molecule has 0 spiro atoms. The topological polar surface area (TPSA) is 80.7 Å². The van der Waals surface area contributed by atoms with Gasteiger partial charge in [-0.2, -0.15) is 0 Å². The van der Waals surface area contributed by atoms with E-state index in [1.807, 2.05) is 12.1 Å². The fourth-order valence-electron chi connectivity index (χ4n) is 2.80. The predicted molar refractivity (Wildman–Crippen MR) is 105 cm³/mol. The summed E-state index contributed by atoms with van der Waals surface area (Å²) in [7, 11) is -2.09. The average molecular weight is 402 g/mol. The van der Waals surface area contributed by atoms with Crippen molar-refractivity contribution in [3.8, 4) is 16.2 Å². The summed E-state index contributed by atoms with van der Waals surface area (Å²) >= 11 is 1.07. The van der Waals surface area contributed by atoms with Crippen molar-refractivity contribution in [3.05, 3.63) is 70.6 Å². The molecule has 140 valence electrons. The third-order valence-electron chi connectivity index (χ3n) is 4.15. The number of thiophene rings is 1. The summed E-state index contributed by atoms with van der Waals surface area (Å²) < 4.78 is 30.8. The third-order valence-corrected chi connectivity index (χ3v) is 7.19. The van der Waals surface area contributed by atoms with Gasteiger partial charge >= 0.3 is 5.97 Å². The SMILES string of the molecule is COc1ccc(-c2cc(CS(=O)(=O)c3ccccc3C)c(C(=O)O)s2)cc1. The van der Waals surface area contributed by atoms with Crippen LogP contribution in [0.1, 0.15) is 20.8 Å². The maximum absolute atomic E-state index is 12.8. The molecule has 0 saturated heterocycles. The Balaban J connectivity index is 2.01. The normalized spacial score (nSPS) is 11.3. The number of hydrogen-bond acceptors (Lipinski definition) is 5. The van der Waals surface area contributed by atoms with Gasteiger partial charge in [0.1, 0.15) is 10.6 Å². The van der Waals surface area contributed by atoms with Gasteiger partial charge in [-0.3, -0.25) is 0 Å². The van der Waals surface area contributed by atoms with Crippen molar-refractivity contribution >= 4 is 27.1 Å². The lowest BCUT2D eigenvalue weighted by molar-refractivity contribution is 0.0701. The number of carbonyl (C=O) groups is 1. The number of rotatable bonds is 6. The Labute approximate surface area is 161 Å². The molecule has 7 heteroatoms. The van der Waals surface area contributed by atoms with Gasteiger partial charge in [0, 0.05) is 4.88 Å². The molecule has 0 aliphatic heterocycles. The van der Waals surface area contributed by atoms with Gasteiger partial charge in [0.2, 0.25) is 0 Å². The summed E-state index contributed by atoms with van der Waals surface area (Å²) in [4.78, 5) is 12.6. The number of hydrogen-bond donors (Lipinski definition) is 1. The molecule has 5 nitrogen and oxygen atoms in total. The Kier molecular flexibility index (Phi) is 5.34. The van der Waals surface area contributed by atoms with Crippen LogP contribution in [-0.4, -0.2) is 26.6 Å². The number of ether oxygens (including phenoxy) is 1. The van der Waals surface area contributed by atoms with Gasteiger partial charge in [-0.1, -0.05) is 18.2 Å². The monoisotopic (exact) mass is 402 g/mol. The lowest BCUT2D eigenvalue weighted by Crippen LogP contribution is -2.08. The Morgan fingerprint density at radius 1 is 1.11 bits per heavy atom. The summed E-state index contributed by atoms with van der Waals surface area (Å²) in [6, 6.07) is 15.5. The molecule has 0 bridgehead atoms. The molecule has 0 unspecified atom stereocenters. The number of carboxylic acids is 1. The van der Waals surface area contributed by atoms with E-state index in [1.165, 1.54) is 0 Å². The standard InChI is InChI=1S/C20H18O5S2/c1-13-5-3-4-6-18(13)27(23,24)12-15-11-17(26-19(15)20(21)22)14-7-9-16(25-2)10-8-14/h3-11H,12H2,1-2H3,(H,21,22). The number of benzene rings is 2. The van der Waals surface area contributed by atoms with E-state index < -0.39 is 15.8 Å². The smallest absolute Gasteiger partial charge is 0.346 e. The number of sulfone groups is 1. The second kappa shape index (κ2) is 7.54. The number of carboxylic acid groups (broad SMARTS) is 1. The van der Waals surface area contributed by atoms with E-state index in [2.05, 4.69) is 0 Å². The second-order valence-electron chi connectivity index (χ2n) is 6.02. The van der Waals surface area contributed by atoms with E-state index in [0.29, 0.717) is 21.8 Å². The molecular formula is C20H18O5S2. The van der Waals surface area contributed by atoms with Crippen LogP contribution >= 0.6 is 11.3 Å². The Bertz CT molecular complexity index is 1080. The first kappa shape index (κ1) is 19.1. The fraction of sp³-hybridized carbons (Fsp3) is 0.150. The zero-order valence-corrected chi connectivity index (χ0v) is 16.4. The molecule has 1 N–H and O–H groups in total. The van der Waals surface area contributed by atoms with Crippen molar-refractivity contribution in [2.75, 3.05) is 7.11 Å². The highest BCUT2D eigenvalue weighted by molar-refractivity contribution is 7.90. The van der Waals surface area contributed by atoms with Gasteiger partial charge < -0.3 is 9.84 Å². The molecule has 1 heterocycles. The van der Waals surface area contributed by atoms with Gasteiger partial charge in [0.05, 0.1) is 17.8 Å². The second-order valence-corrected chi connectivity index (χ2v) is 9.03. The van der Waals surface area contributed by atoms with E-state index >= 15 is 0 Å². The summed E-state index contributed by atoms with van der Waals surface area (Å²) in [5.41, 5.74) is 1.74. The molecule has 0 aliphatic carbocycles. The quantitative estimate of drug-likeness (QED) is 0.661. The van der Waals surface area contributed by atoms with Gasteiger partial charge in [-0.15, -0.1) is 11.3 Å². The Morgan fingerprint density at radius 2 is 1.78 bits per heavy atom. The van der Waals surface area contributed by atoms with Crippen molar-refractivity contribution in [1.29, 1.82) is 0 Å². The van der Waals surface area contributed by atoms with Gasteiger partial charge in [0.15, 0.2) is 9.84 Å². The molecule has 0 amide bonds. The van der Waals surface area contributed by atoms with Crippen LogP contribution in [0.3, 0.4) is 0 Å². The third kappa shape index (κ3) is 4.04. The molecule has 0 radical (unpaired) electrons. The first-order valence-corrected chi connectivity index (χ1v) is 10.6. The Hall–Kier alpha value is -2.64. The van der Waals surface area contributed by atoms with Gasteiger partial charge in [-0.25, -0.2) is 13.2 Å². The molecular weight excluding hydrogens is 384 g/mol. The number of aromatic carboxylic acids is 1. The average Bonchev–Trinajstić information content (AvgIpc) is 3.05. The fourth-order valence-corrected chi connectivity index (χ4v) is 5.56. The van der Waals surface area contributed by atoms with Gasteiger partial charge in [0.25, 0.3) is 0 Å². The van der Waals surface area contributed by atoms with Crippen molar-refractivity contribution in [1.82, 2.24) is 0 Å². The highest BCUT2D eigenvalue weighted by Gasteiger charge is 2.24. The Morgan fingerprint density at radius 3 is 2.37 bits per heavy atom. The van der Waals surface area contributed by atoms with Crippen molar-refractivity contribution in [3.63, 3.8) is 0 Å². The summed E-state index contributed by atoms with van der Waals surface area (Å²) in [5.74, 6) is -0.794. The summed E-state index contributed by atoms with van der Waals surface area (Å²) in [6.45, 7) is 1.72. The minimum absolute atomic E-state index is 0.0398. The van der Waals surface area contributed by atoms with E-state index in [0.717, 1.165) is 16.9 Å². The van der Waals surface area contributed by atoms with Crippen molar-refractivity contribution in [2.24, 2.45) is 0 Å². The maximum atomic E-state index is 12.8. The first-order valence-electron chi connectivity index (χ1n) is 8.10. The van der Waals surface area contributed by atoms with E-state index in [-0.39, 0.29) is 15.5 Å². The highest BCUT2D eigenvalue weighted by Crippen LogP contribution is 2.34. The van der Waals surface area contributed by atoms with Crippen LogP contribution in [0.2, 0.25) is 0 Å². The van der Waals surface area contributed by atoms with Gasteiger partial charge in [-0.05, 0) is 60.0 Å². The van der Waals surface area contributed by atoms with Crippen molar-refractivity contribution in [2.45, 2.75) is 17.6 Å². The van der Waals surface area contributed by atoms with Crippen LogP contribution in [0.5, 0.6) is 5.75 Å². The number of aryl methyl sites for hydroxylation is 1. The minimum atomic E-state index is -3.66. The molecule has 3 aromatic rings. The van der Waals surface area contributed by atoms with Crippen molar-refractivity contribution < 1.29 is 23.1 Å². The lowest BCUT2D eigenvalue weighted by Gasteiger charge is -2.07. The molecule has 3 rings (SSSR count). The molecule has 27 heavy (non-hydrogen) atoms. The molecule has 2 aromatic carbocycles. The molecule has 0 atom stereocenters. The lowest BCUT2D eigenvalue weighted by atomic mass is 10.1. The molecule has 0 saturated carbocycles. The zero-order chi connectivity index (χ0) is 19.6. The van der Waals surface area contributed by atoms with E-state index in [4.69, 9.17) is 4.74 Å². The van der Waals surface area contributed by atoms with E-state index in [1.54, 1.807) is 56.5 Å². The van der Waals surface area contributed by atoms with Crippen LogP contribution in [0.15, 0.2) is 59.5 Å². The van der Waals surface area contributed by atoms with Crippen LogP contribution in [0, 0.1) is 6.92 Å². The highest BCUT2D eigenvalue weighted by atomic mass is 32.2. The van der Waals surface area contributed by atoms with Crippen LogP contribution in [0.25, 0.3) is 10.4 Å². The molecule has 0 fully saturated rings. The largest absolute Gasteiger partial charge is 0.497 e. The minimum Gasteiger partial charge on any atom is -0.497 e. The molecule has 1 aromatic heterocycles. The maximum Gasteiger partial charge on any atom is 0.346 e. The van der Waals surface area contributed by atoms with Crippen LogP contribution in [0.4, 0.5) is 0 Å². The zero-order valence-electron chi connectivity index (χ0n) is 14.8. The van der Waals surface area contributed by atoms with Crippen LogP contribution in [-0.2, 0) is 15.6 Å². The summed E-state index contributed by atoms with van der Waals surface area (Å²) in [5, 5.41) is 9.53. The number of methoxy groups -OCH3 is 1. The first-order chi connectivity index (χ1) is 12.8. The van der Waals surface area contributed by atoms with E-state index in [9.17, 15) is 18.3 Å². The molecule has 0 aliphatic rings. The predicted octanol–water partition coefficient (Wildman–Crippen LogP) is 4.40. The summed E-state index contributed by atoms with van der Waals surface area (Å²) in [6.07, 6.45) is 0.